The highest BCUT2D eigenvalue weighted by atomic mass is 16.6. The zero-order valence-corrected chi connectivity index (χ0v) is 12.3. The van der Waals surface area contributed by atoms with Crippen LogP contribution in [0.4, 0.5) is 17.3 Å². The average molecular weight is 294 g/mol. The summed E-state index contributed by atoms with van der Waals surface area (Å²) in [4.78, 5) is 17.1. The normalized spacial score (nSPS) is 18.6. The van der Waals surface area contributed by atoms with Crippen molar-refractivity contribution in [3.8, 4) is 0 Å². The number of anilines is 2. The maximum atomic E-state index is 11.2. The first-order chi connectivity index (χ1) is 10.2. The smallest absolute Gasteiger partial charge is 0.311 e. The summed E-state index contributed by atoms with van der Waals surface area (Å²) >= 11 is 0. The van der Waals surface area contributed by atoms with Crippen LogP contribution >= 0.6 is 0 Å². The van der Waals surface area contributed by atoms with E-state index in [0.717, 1.165) is 32.4 Å². The highest BCUT2D eigenvalue weighted by molar-refractivity contribution is 5.62. The Morgan fingerprint density at radius 2 is 2.38 bits per heavy atom. The first-order valence-electron chi connectivity index (χ1n) is 7.40. The lowest BCUT2D eigenvalue weighted by Gasteiger charge is -2.32. The van der Waals surface area contributed by atoms with E-state index in [1.165, 1.54) is 6.07 Å². The zero-order valence-electron chi connectivity index (χ0n) is 12.3. The van der Waals surface area contributed by atoms with E-state index in [9.17, 15) is 15.2 Å². The van der Waals surface area contributed by atoms with Gasteiger partial charge in [0.05, 0.1) is 4.92 Å². The second-order valence-corrected chi connectivity index (χ2v) is 5.36. The summed E-state index contributed by atoms with van der Waals surface area (Å²) in [5, 5.41) is 23.7. The van der Waals surface area contributed by atoms with Gasteiger partial charge in [-0.05, 0) is 31.2 Å². The number of nitrogens with zero attached hydrogens (tertiary/aromatic N) is 3. The number of aromatic nitrogens is 1. The minimum atomic E-state index is -0.394. The number of hydrogen-bond donors (Lipinski definition) is 2. The molecule has 0 radical (unpaired) electrons. The number of piperidine rings is 1. The maximum absolute atomic E-state index is 11.2. The molecule has 1 aromatic rings. The molecule has 21 heavy (non-hydrogen) atoms. The largest absolute Gasteiger partial charge is 0.396 e. The van der Waals surface area contributed by atoms with Gasteiger partial charge in [-0.25, -0.2) is 4.98 Å². The van der Waals surface area contributed by atoms with E-state index >= 15 is 0 Å². The summed E-state index contributed by atoms with van der Waals surface area (Å²) in [6.45, 7) is 4.29. The Kier molecular flexibility index (Phi) is 5.32. The second-order valence-electron chi connectivity index (χ2n) is 5.36. The highest BCUT2D eigenvalue weighted by Crippen LogP contribution is 2.31. The molecule has 0 saturated carbocycles. The number of hydrogen-bond acceptors (Lipinski definition) is 6. The third-order valence-corrected chi connectivity index (χ3v) is 3.68. The summed E-state index contributed by atoms with van der Waals surface area (Å²) < 4.78 is 0. The van der Waals surface area contributed by atoms with Crippen LogP contribution in [0.5, 0.6) is 0 Å². The summed E-state index contributed by atoms with van der Waals surface area (Å²) in [6, 6.07) is 3.15. The van der Waals surface area contributed by atoms with E-state index in [-0.39, 0.29) is 18.2 Å². The van der Waals surface area contributed by atoms with Crippen LogP contribution in [0.3, 0.4) is 0 Å². The number of nitrogens with one attached hydrogen (secondary N) is 1. The van der Waals surface area contributed by atoms with Crippen molar-refractivity contribution < 1.29 is 10.0 Å². The molecule has 2 heterocycles. The van der Waals surface area contributed by atoms with Crippen LogP contribution in [-0.4, -0.2) is 41.3 Å². The summed E-state index contributed by atoms with van der Waals surface area (Å²) in [6.07, 6.45) is 2.83. The van der Waals surface area contributed by atoms with Crippen LogP contribution in [0.15, 0.2) is 12.1 Å². The molecule has 0 bridgehead atoms. The molecule has 7 nitrogen and oxygen atoms in total. The molecule has 1 aliphatic rings. The highest BCUT2D eigenvalue weighted by Gasteiger charge is 2.26. The molecular formula is C14H22N4O3. The van der Waals surface area contributed by atoms with Gasteiger partial charge >= 0.3 is 5.69 Å². The Hall–Kier alpha value is -1.89. The molecule has 116 valence electrons. The van der Waals surface area contributed by atoms with Crippen LogP contribution in [0.25, 0.3) is 0 Å². The molecule has 1 aliphatic heterocycles. The van der Waals surface area contributed by atoms with Crippen LogP contribution in [-0.2, 0) is 0 Å². The second kappa shape index (κ2) is 7.21. The van der Waals surface area contributed by atoms with Crippen molar-refractivity contribution in [2.75, 3.05) is 36.5 Å². The van der Waals surface area contributed by atoms with Crippen LogP contribution in [0.1, 0.15) is 26.2 Å². The number of pyridine rings is 1. The van der Waals surface area contributed by atoms with E-state index in [2.05, 4.69) is 17.2 Å². The topological polar surface area (TPSA) is 91.5 Å². The van der Waals surface area contributed by atoms with Crippen molar-refractivity contribution in [1.82, 2.24) is 4.98 Å². The minimum absolute atomic E-state index is 0.0237. The van der Waals surface area contributed by atoms with E-state index in [1.54, 1.807) is 6.07 Å². The van der Waals surface area contributed by atoms with Gasteiger partial charge in [0.1, 0.15) is 5.82 Å². The van der Waals surface area contributed by atoms with Crippen molar-refractivity contribution >= 4 is 17.3 Å². The van der Waals surface area contributed by atoms with Gasteiger partial charge in [0.2, 0.25) is 5.82 Å². The van der Waals surface area contributed by atoms with Gasteiger partial charge in [-0.2, -0.15) is 0 Å². The lowest BCUT2D eigenvalue weighted by Crippen LogP contribution is -2.37. The Labute approximate surface area is 124 Å². The zero-order chi connectivity index (χ0) is 15.2. The van der Waals surface area contributed by atoms with Crippen molar-refractivity contribution in [2.24, 2.45) is 5.92 Å². The molecule has 1 saturated heterocycles. The van der Waals surface area contributed by atoms with Crippen LogP contribution in [0, 0.1) is 16.0 Å². The van der Waals surface area contributed by atoms with Gasteiger partial charge in [-0.15, -0.1) is 0 Å². The number of rotatable bonds is 6. The maximum Gasteiger partial charge on any atom is 0.311 e. The third-order valence-electron chi connectivity index (χ3n) is 3.68. The van der Waals surface area contributed by atoms with Gasteiger partial charge in [0, 0.05) is 32.3 Å². The molecule has 1 aromatic heterocycles. The Morgan fingerprint density at radius 1 is 1.57 bits per heavy atom. The Balaban J connectivity index is 2.27. The molecule has 1 fully saturated rings. The molecule has 2 N–H and O–H groups in total. The predicted octanol–water partition coefficient (Wildman–Crippen LogP) is 2.02. The molecule has 1 atom stereocenters. The molecule has 0 amide bonds. The summed E-state index contributed by atoms with van der Waals surface area (Å²) in [7, 11) is 0. The van der Waals surface area contributed by atoms with Gasteiger partial charge in [-0.3, -0.25) is 10.1 Å². The fraction of sp³-hybridized carbons (Fsp3) is 0.643. The van der Waals surface area contributed by atoms with E-state index in [4.69, 9.17) is 0 Å². The fourth-order valence-electron chi connectivity index (χ4n) is 2.57. The molecular weight excluding hydrogens is 272 g/mol. The van der Waals surface area contributed by atoms with Crippen molar-refractivity contribution in [1.29, 1.82) is 0 Å². The number of aliphatic hydroxyl groups excluding tert-OH is 1. The lowest BCUT2D eigenvalue weighted by molar-refractivity contribution is -0.384. The molecule has 0 aromatic carbocycles. The predicted molar refractivity (Wildman–Crippen MR) is 81.7 cm³/mol. The fourth-order valence-corrected chi connectivity index (χ4v) is 2.57. The first kappa shape index (κ1) is 15.5. The minimum Gasteiger partial charge on any atom is -0.396 e. The Morgan fingerprint density at radius 3 is 3.05 bits per heavy atom. The SMILES string of the molecule is CCCNc1ccc([N+](=O)[O-])c(N2CCCC(CO)C2)n1. The lowest BCUT2D eigenvalue weighted by atomic mass is 9.99. The van der Waals surface area contributed by atoms with Crippen LogP contribution in [0.2, 0.25) is 0 Å². The van der Waals surface area contributed by atoms with Crippen LogP contribution < -0.4 is 10.2 Å². The third kappa shape index (κ3) is 3.81. The number of nitro groups is 1. The summed E-state index contributed by atoms with van der Waals surface area (Å²) in [5.74, 6) is 1.22. The first-order valence-corrected chi connectivity index (χ1v) is 7.40. The quantitative estimate of drug-likeness (QED) is 0.616. The molecule has 0 spiro atoms. The number of aliphatic hydroxyl groups is 1. The Bertz CT molecular complexity index is 495. The van der Waals surface area contributed by atoms with E-state index < -0.39 is 4.92 Å². The molecule has 7 heteroatoms. The summed E-state index contributed by atoms with van der Waals surface area (Å²) in [5.41, 5.74) is 0.0237. The van der Waals surface area contributed by atoms with Gasteiger partial charge in [0.15, 0.2) is 0 Å². The van der Waals surface area contributed by atoms with Crippen molar-refractivity contribution in [3.63, 3.8) is 0 Å². The van der Waals surface area contributed by atoms with Gasteiger partial charge < -0.3 is 15.3 Å². The van der Waals surface area contributed by atoms with Gasteiger partial charge in [0.25, 0.3) is 0 Å². The molecule has 0 aliphatic carbocycles. The monoisotopic (exact) mass is 294 g/mol. The van der Waals surface area contributed by atoms with Crippen molar-refractivity contribution in [2.45, 2.75) is 26.2 Å². The van der Waals surface area contributed by atoms with E-state index in [0.29, 0.717) is 18.2 Å². The molecule has 1 unspecified atom stereocenters. The average Bonchev–Trinajstić information content (AvgIpc) is 2.52. The standard InChI is InChI=1S/C14H22N4O3/c1-2-7-15-13-6-5-12(18(20)21)14(16-13)17-8-3-4-11(9-17)10-19/h5-6,11,19H,2-4,7-10H2,1H3,(H,15,16). The van der Waals surface area contributed by atoms with Crippen molar-refractivity contribution in [3.05, 3.63) is 22.2 Å². The molecule has 2 rings (SSSR count). The van der Waals surface area contributed by atoms with Gasteiger partial charge in [-0.1, -0.05) is 6.92 Å². The van der Waals surface area contributed by atoms with E-state index in [1.807, 2.05) is 4.90 Å².